The van der Waals surface area contributed by atoms with Gasteiger partial charge in [0.2, 0.25) is 5.91 Å². The number of aromatic nitrogens is 2. The fraction of sp³-hybridized carbons (Fsp3) is 0.333. The Hall–Kier alpha value is -2.10. The first-order valence-corrected chi connectivity index (χ1v) is 6.59. The highest BCUT2D eigenvalue weighted by Crippen LogP contribution is 2.30. The molecule has 1 aromatic heterocycles. The second kappa shape index (κ2) is 4.88. The van der Waals surface area contributed by atoms with Gasteiger partial charge in [-0.15, -0.1) is 0 Å². The second-order valence-electron chi connectivity index (χ2n) is 5.18. The van der Waals surface area contributed by atoms with Crippen LogP contribution in [0.25, 0.3) is 0 Å². The van der Waals surface area contributed by atoms with Crippen molar-refractivity contribution in [1.29, 1.82) is 0 Å². The summed E-state index contributed by atoms with van der Waals surface area (Å²) in [7, 11) is 0. The molecule has 0 saturated heterocycles. The molecule has 0 atom stereocenters. The quantitative estimate of drug-likeness (QED) is 0.912. The van der Waals surface area contributed by atoms with Gasteiger partial charge in [0.15, 0.2) is 0 Å². The maximum atomic E-state index is 11.6. The van der Waals surface area contributed by atoms with Crippen molar-refractivity contribution in [3.63, 3.8) is 0 Å². The predicted octanol–water partition coefficient (Wildman–Crippen LogP) is 2.59. The third-order valence-corrected chi connectivity index (χ3v) is 3.31. The van der Waals surface area contributed by atoms with E-state index in [1.165, 1.54) is 11.1 Å². The molecule has 1 aromatic carbocycles. The predicted molar refractivity (Wildman–Crippen MR) is 73.9 cm³/mol. The summed E-state index contributed by atoms with van der Waals surface area (Å²) in [5.41, 5.74) is 3.24. The summed E-state index contributed by atoms with van der Waals surface area (Å²) in [4.78, 5) is 11.6. The molecule has 3 rings (SSSR count). The molecule has 1 fully saturated rings. The molecule has 2 aromatic rings. The monoisotopic (exact) mass is 255 g/mol. The minimum Gasteiger partial charge on any atom is -0.323 e. The fourth-order valence-electron chi connectivity index (χ4n) is 1.98. The maximum absolute atomic E-state index is 11.6. The van der Waals surface area contributed by atoms with Crippen molar-refractivity contribution >= 4 is 11.6 Å². The van der Waals surface area contributed by atoms with Crippen molar-refractivity contribution in [3.8, 4) is 0 Å². The highest BCUT2D eigenvalue weighted by Gasteiger charge is 2.29. The lowest BCUT2D eigenvalue weighted by molar-refractivity contribution is -0.117. The Bertz CT molecular complexity index is 582. The highest BCUT2D eigenvalue weighted by atomic mass is 16.2. The minimum absolute atomic E-state index is 0.120. The van der Waals surface area contributed by atoms with Crippen LogP contribution in [0.4, 0.5) is 5.69 Å². The normalized spacial score (nSPS) is 14.4. The zero-order valence-corrected chi connectivity index (χ0v) is 11.0. The van der Waals surface area contributed by atoms with Crippen LogP contribution in [-0.2, 0) is 11.3 Å². The van der Waals surface area contributed by atoms with Crippen molar-refractivity contribution in [3.05, 3.63) is 47.8 Å². The summed E-state index contributed by atoms with van der Waals surface area (Å²) < 4.78 is 1.84. The van der Waals surface area contributed by atoms with E-state index < -0.39 is 0 Å². The Morgan fingerprint density at radius 2 is 2.11 bits per heavy atom. The molecule has 1 N–H and O–H groups in total. The molecule has 19 heavy (non-hydrogen) atoms. The van der Waals surface area contributed by atoms with E-state index in [0.717, 1.165) is 25.1 Å². The van der Waals surface area contributed by atoms with E-state index in [-0.39, 0.29) is 11.8 Å². The number of nitrogens with zero attached hydrogens (tertiary/aromatic N) is 2. The molecule has 1 heterocycles. The average molecular weight is 255 g/mol. The van der Waals surface area contributed by atoms with Crippen LogP contribution < -0.4 is 5.32 Å². The number of carbonyl (C=O) groups is 1. The Morgan fingerprint density at radius 1 is 1.37 bits per heavy atom. The average Bonchev–Trinajstić information content (AvgIpc) is 3.16. The lowest BCUT2D eigenvalue weighted by Crippen LogP contribution is -2.12. The molecule has 0 bridgehead atoms. The van der Waals surface area contributed by atoms with Gasteiger partial charge in [0.1, 0.15) is 0 Å². The molecule has 1 aliphatic rings. The molecule has 0 radical (unpaired) electrons. The van der Waals surface area contributed by atoms with Crippen LogP contribution in [0.5, 0.6) is 0 Å². The number of carbonyl (C=O) groups excluding carboxylic acids is 1. The SMILES string of the molecule is Cc1ccc(Cn2cc(NC(=O)C3CC3)cn2)cc1. The van der Waals surface area contributed by atoms with Crippen molar-refractivity contribution in [2.75, 3.05) is 5.32 Å². The molecular formula is C15H17N3O. The molecule has 1 saturated carbocycles. The van der Waals surface area contributed by atoms with Gasteiger partial charge in [0, 0.05) is 12.1 Å². The van der Waals surface area contributed by atoms with Crippen LogP contribution >= 0.6 is 0 Å². The van der Waals surface area contributed by atoms with E-state index >= 15 is 0 Å². The summed E-state index contributed by atoms with van der Waals surface area (Å²) >= 11 is 0. The van der Waals surface area contributed by atoms with E-state index in [4.69, 9.17) is 0 Å². The summed E-state index contributed by atoms with van der Waals surface area (Å²) in [5, 5.41) is 7.17. The number of anilines is 1. The molecule has 0 unspecified atom stereocenters. The van der Waals surface area contributed by atoms with Gasteiger partial charge in [-0.3, -0.25) is 9.48 Å². The minimum atomic E-state index is 0.120. The fourth-order valence-corrected chi connectivity index (χ4v) is 1.98. The van der Waals surface area contributed by atoms with Gasteiger partial charge < -0.3 is 5.32 Å². The van der Waals surface area contributed by atoms with Crippen LogP contribution in [0.3, 0.4) is 0 Å². The first kappa shape index (κ1) is 12.0. The molecule has 0 aliphatic heterocycles. The third kappa shape index (κ3) is 3.02. The van der Waals surface area contributed by atoms with E-state index in [1.54, 1.807) is 6.20 Å². The van der Waals surface area contributed by atoms with Crippen LogP contribution in [0.2, 0.25) is 0 Å². The summed E-state index contributed by atoms with van der Waals surface area (Å²) in [6.45, 7) is 2.79. The van der Waals surface area contributed by atoms with Crippen LogP contribution in [0.15, 0.2) is 36.7 Å². The molecule has 98 valence electrons. The first-order chi connectivity index (χ1) is 9.20. The number of aryl methyl sites for hydroxylation is 1. The number of amides is 1. The third-order valence-electron chi connectivity index (χ3n) is 3.31. The standard InChI is InChI=1S/C15H17N3O/c1-11-2-4-12(5-3-11)9-18-10-14(8-16-18)17-15(19)13-6-7-13/h2-5,8,10,13H,6-7,9H2,1H3,(H,17,19). The second-order valence-corrected chi connectivity index (χ2v) is 5.18. The van der Waals surface area contributed by atoms with E-state index in [9.17, 15) is 4.79 Å². The first-order valence-electron chi connectivity index (χ1n) is 6.59. The summed E-state index contributed by atoms with van der Waals surface area (Å²) in [5.74, 6) is 0.343. The lowest BCUT2D eigenvalue weighted by atomic mass is 10.1. The molecular weight excluding hydrogens is 238 g/mol. The van der Waals surface area contributed by atoms with Gasteiger partial charge in [0.25, 0.3) is 0 Å². The van der Waals surface area contributed by atoms with Gasteiger partial charge in [-0.2, -0.15) is 5.10 Å². The molecule has 4 heteroatoms. The molecule has 4 nitrogen and oxygen atoms in total. The molecule has 1 amide bonds. The number of hydrogen-bond donors (Lipinski definition) is 1. The van der Waals surface area contributed by atoms with E-state index in [0.29, 0.717) is 0 Å². The van der Waals surface area contributed by atoms with Crippen molar-refractivity contribution in [2.24, 2.45) is 5.92 Å². The van der Waals surface area contributed by atoms with Crippen LogP contribution in [0, 0.1) is 12.8 Å². The number of nitrogens with one attached hydrogen (secondary N) is 1. The number of rotatable bonds is 4. The van der Waals surface area contributed by atoms with E-state index in [2.05, 4.69) is 41.6 Å². The van der Waals surface area contributed by atoms with Gasteiger partial charge in [-0.25, -0.2) is 0 Å². The van der Waals surface area contributed by atoms with Gasteiger partial charge in [-0.1, -0.05) is 29.8 Å². The van der Waals surface area contributed by atoms with Gasteiger partial charge in [-0.05, 0) is 25.3 Å². The topological polar surface area (TPSA) is 46.9 Å². The Labute approximate surface area is 112 Å². The molecule has 0 spiro atoms. The number of benzene rings is 1. The summed E-state index contributed by atoms with van der Waals surface area (Å²) in [6, 6.07) is 8.38. The van der Waals surface area contributed by atoms with Crippen molar-refractivity contribution < 1.29 is 4.79 Å². The van der Waals surface area contributed by atoms with Crippen molar-refractivity contribution in [2.45, 2.75) is 26.3 Å². The highest BCUT2D eigenvalue weighted by molar-refractivity contribution is 5.93. The molecule has 1 aliphatic carbocycles. The zero-order chi connectivity index (χ0) is 13.2. The van der Waals surface area contributed by atoms with Gasteiger partial charge >= 0.3 is 0 Å². The van der Waals surface area contributed by atoms with Crippen LogP contribution in [-0.4, -0.2) is 15.7 Å². The maximum Gasteiger partial charge on any atom is 0.227 e. The van der Waals surface area contributed by atoms with Gasteiger partial charge in [0.05, 0.1) is 18.4 Å². The Kier molecular flexibility index (Phi) is 3.07. The smallest absolute Gasteiger partial charge is 0.227 e. The lowest BCUT2D eigenvalue weighted by Gasteiger charge is -2.02. The van der Waals surface area contributed by atoms with Crippen LogP contribution in [0.1, 0.15) is 24.0 Å². The summed E-state index contributed by atoms with van der Waals surface area (Å²) in [6.07, 6.45) is 5.61. The number of hydrogen-bond acceptors (Lipinski definition) is 2. The zero-order valence-electron chi connectivity index (χ0n) is 11.0. The Balaban J connectivity index is 1.64. The Morgan fingerprint density at radius 3 is 2.79 bits per heavy atom. The van der Waals surface area contributed by atoms with E-state index in [1.807, 2.05) is 10.9 Å². The van der Waals surface area contributed by atoms with Crippen molar-refractivity contribution in [1.82, 2.24) is 9.78 Å². The largest absolute Gasteiger partial charge is 0.323 e.